The van der Waals surface area contributed by atoms with Gasteiger partial charge in [-0.25, -0.2) is 4.79 Å². The molecule has 2 rings (SSSR count). The fourth-order valence-electron chi connectivity index (χ4n) is 2.24. The van der Waals surface area contributed by atoms with Crippen molar-refractivity contribution in [3.05, 3.63) is 23.8 Å². The van der Waals surface area contributed by atoms with Gasteiger partial charge in [-0.2, -0.15) is 4.99 Å². The molecule has 1 aromatic carbocycles. The second-order valence-electron chi connectivity index (χ2n) is 4.93. The number of thioether (sulfide) groups is 1. The zero-order valence-corrected chi connectivity index (χ0v) is 13.5. The van der Waals surface area contributed by atoms with Crippen LogP contribution in [0.15, 0.2) is 23.2 Å². The Morgan fingerprint density at radius 1 is 1.55 bits per heavy atom. The van der Waals surface area contributed by atoms with Gasteiger partial charge in [0.2, 0.25) is 5.91 Å². The first-order valence-corrected chi connectivity index (χ1v) is 7.91. The van der Waals surface area contributed by atoms with E-state index in [4.69, 9.17) is 9.84 Å². The van der Waals surface area contributed by atoms with Crippen molar-refractivity contribution in [1.82, 2.24) is 0 Å². The minimum absolute atomic E-state index is 0.178. The number of amidine groups is 1. The molecule has 0 saturated carbocycles. The van der Waals surface area contributed by atoms with E-state index < -0.39 is 6.09 Å². The first-order chi connectivity index (χ1) is 10.5. The Morgan fingerprint density at radius 3 is 2.86 bits per heavy atom. The van der Waals surface area contributed by atoms with Gasteiger partial charge < -0.3 is 9.84 Å². The fourth-order valence-corrected chi connectivity index (χ4v) is 3.10. The third kappa shape index (κ3) is 3.24. The summed E-state index contributed by atoms with van der Waals surface area (Å²) >= 11 is 1.13. The number of nitrogens with zero attached hydrogens (tertiary/aromatic N) is 2. The van der Waals surface area contributed by atoms with Gasteiger partial charge in [0.05, 0.1) is 18.6 Å². The van der Waals surface area contributed by atoms with Gasteiger partial charge in [-0.1, -0.05) is 31.7 Å². The molecule has 0 bridgehead atoms. The first kappa shape index (κ1) is 16.4. The van der Waals surface area contributed by atoms with Crippen LogP contribution in [0.25, 0.3) is 0 Å². The van der Waals surface area contributed by atoms with Crippen LogP contribution in [0.5, 0.6) is 5.75 Å². The standard InChI is InChI=1S/C15H18N2O4S/c1-4-9(2)11-6-5-10(21-3)7-12(11)17-13(18)8-22-14(17)16-15(19)20/h5-7,9H,4,8H2,1-3H3,(H,19,20)/b16-14-. The van der Waals surface area contributed by atoms with Gasteiger partial charge in [0.1, 0.15) is 5.75 Å². The van der Waals surface area contributed by atoms with E-state index in [1.165, 1.54) is 4.90 Å². The summed E-state index contributed by atoms with van der Waals surface area (Å²) < 4.78 is 5.23. The molecule has 1 aliphatic heterocycles. The van der Waals surface area contributed by atoms with Crippen LogP contribution in [-0.4, -0.2) is 35.1 Å². The number of hydrogen-bond donors (Lipinski definition) is 1. The lowest BCUT2D eigenvalue weighted by Crippen LogP contribution is -2.31. The molecule has 1 fully saturated rings. The van der Waals surface area contributed by atoms with Crippen LogP contribution in [-0.2, 0) is 4.79 Å². The topological polar surface area (TPSA) is 79.2 Å². The predicted octanol–water partition coefficient (Wildman–Crippen LogP) is 3.32. The lowest BCUT2D eigenvalue weighted by Gasteiger charge is -2.23. The number of aliphatic imine (C=N–C) groups is 1. The minimum atomic E-state index is -1.31. The fraction of sp³-hybridized carbons (Fsp3) is 0.400. The maximum absolute atomic E-state index is 12.2. The third-order valence-electron chi connectivity index (χ3n) is 3.58. The Morgan fingerprint density at radius 2 is 2.27 bits per heavy atom. The quantitative estimate of drug-likeness (QED) is 0.920. The van der Waals surface area contributed by atoms with Crippen molar-refractivity contribution in [2.24, 2.45) is 4.99 Å². The number of carboxylic acid groups (broad SMARTS) is 1. The van der Waals surface area contributed by atoms with E-state index in [1.54, 1.807) is 13.2 Å². The van der Waals surface area contributed by atoms with Crippen LogP contribution in [0.1, 0.15) is 31.7 Å². The summed E-state index contributed by atoms with van der Waals surface area (Å²) in [6.07, 6.45) is -0.407. The van der Waals surface area contributed by atoms with E-state index in [-0.39, 0.29) is 22.7 Å². The highest BCUT2D eigenvalue weighted by Crippen LogP contribution is 2.36. The molecular weight excluding hydrogens is 304 g/mol. The smallest absolute Gasteiger partial charge is 0.433 e. The van der Waals surface area contributed by atoms with Crippen LogP contribution >= 0.6 is 11.8 Å². The van der Waals surface area contributed by atoms with Crippen molar-refractivity contribution < 1.29 is 19.4 Å². The number of anilines is 1. The number of carbonyl (C=O) groups is 2. The first-order valence-electron chi connectivity index (χ1n) is 6.93. The number of carbonyl (C=O) groups excluding carboxylic acids is 1. The molecule has 118 valence electrons. The zero-order valence-electron chi connectivity index (χ0n) is 12.7. The average Bonchev–Trinajstić information content (AvgIpc) is 2.85. The summed E-state index contributed by atoms with van der Waals surface area (Å²) in [6, 6.07) is 5.51. The molecule has 0 aliphatic carbocycles. The van der Waals surface area contributed by atoms with Gasteiger partial charge in [0.25, 0.3) is 0 Å². The lowest BCUT2D eigenvalue weighted by atomic mass is 9.96. The summed E-state index contributed by atoms with van der Waals surface area (Å²) in [4.78, 5) is 28.0. The minimum Gasteiger partial charge on any atom is -0.497 e. The summed E-state index contributed by atoms with van der Waals surface area (Å²) in [6.45, 7) is 4.12. The van der Waals surface area contributed by atoms with Gasteiger partial charge >= 0.3 is 6.09 Å². The molecule has 2 amide bonds. The number of methoxy groups -OCH3 is 1. The molecule has 22 heavy (non-hydrogen) atoms. The SMILES string of the molecule is CCC(C)c1ccc(OC)cc1N1C(=O)CS/C1=N\C(=O)O. The van der Waals surface area contributed by atoms with Gasteiger partial charge in [-0.3, -0.25) is 9.69 Å². The van der Waals surface area contributed by atoms with E-state index in [1.807, 2.05) is 12.1 Å². The summed E-state index contributed by atoms with van der Waals surface area (Å²) in [5.41, 5.74) is 1.61. The highest BCUT2D eigenvalue weighted by Gasteiger charge is 2.32. The van der Waals surface area contributed by atoms with Crippen molar-refractivity contribution in [3.63, 3.8) is 0 Å². The molecule has 1 unspecified atom stereocenters. The van der Waals surface area contributed by atoms with E-state index in [2.05, 4.69) is 18.8 Å². The number of ether oxygens (including phenoxy) is 1. The monoisotopic (exact) mass is 322 g/mol. The van der Waals surface area contributed by atoms with Gasteiger partial charge in [0, 0.05) is 6.07 Å². The largest absolute Gasteiger partial charge is 0.497 e. The molecule has 6 nitrogen and oxygen atoms in total. The average molecular weight is 322 g/mol. The van der Waals surface area contributed by atoms with Crippen LogP contribution in [0.2, 0.25) is 0 Å². The van der Waals surface area contributed by atoms with Crippen molar-refractivity contribution in [3.8, 4) is 5.75 Å². The Bertz CT molecular complexity index is 630. The molecule has 1 aliphatic rings. The van der Waals surface area contributed by atoms with Crippen molar-refractivity contribution in [2.75, 3.05) is 17.8 Å². The van der Waals surface area contributed by atoms with Crippen LogP contribution in [0, 0.1) is 0 Å². The second-order valence-corrected chi connectivity index (χ2v) is 5.87. The molecule has 1 aromatic rings. The molecule has 0 spiro atoms. The Kier molecular flexibility index (Phi) is 5.07. The van der Waals surface area contributed by atoms with E-state index in [0.717, 1.165) is 23.7 Å². The highest BCUT2D eigenvalue weighted by molar-refractivity contribution is 8.15. The summed E-state index contributed by atoms with van der Waals surface area (Å²) in [5.74, 6) is 0.845. The Labute approximate surface area is 133 Å². The van der Waals surface area contributed by atoms with Gasteiger partial charge in [-0.05, 0) is 24.0 Å². The highest BCUT2D eigenvalue weighted by atomic mass is 32.2. The van der Waals surface area contributed by atoms with Gasteiger partial charge in [-0.15, -0.1) is 0 Å². The van der Waals surface area contributed by atoms with Crippen LogP contribution in [0.4, 0.5) is 10.5 Å². The normalized spacial score (nSPS) is 17.9. The van der Waals surface area contributed by atoms with E-state index in [0.29, 0.717) is 11.4 Å². The molecule has 1 saturated heterocycles. The predicted molar refractivity (Wildman–Crippen MR) is 87.1 cm³/mol. The summed E-state index contributed by atoms with van der Waals surface area (Å²) in [5, 5.41) is 9.08. The van der Waals surface area contributed by atoms with E-state index >= 15 is 0 Å². The lowest BCUT2D eigenvalue weighted by molar-refractivity contribution is -0.115. The maximum Gasteiger partial charge on any atom is 0.433 e. The van der Waals surface area contributed by atoms with Crippen molar-refractivity contribution >= 4 is 34.6 Å². The van der Waals surface area contributed by atoms with E-state index in [9.17, 15) is 9.59 Å². The number of rotatable bonds is 4. The van der Waals surface area contributed by atoms with Crippen LogP contribution in [0.3, 0.4) is 0 Å². The summed E-state index contributed by atoms with van der Waals surface area (Å²) in [7, 11) is 1.55. The molecule has 7 heteroatoms. The van der Waals surface area contributed by atoms with Crippen LogP contribution < -0.4 is 9.64 Å². The molecule has 0 aromatic heterocycles. The Balaban J connectivity index is 2.56. The second kappa shape index (κ2) is 6.83. The van der Waals surface area contributed by atoms with Gasteiger partial charge in [0.15, 0.2) is 5.17 Å². The Hall–Kier alpha value is -2.02. The molecule has 1 atom stereocenters. The molecule has 1 N–H and O–H groups in total. The number of hydrogen-bond acceptors (Lipinski definition) is 4. The molecule has 0 radical (unpaired) electrons. The van der Waals surface area contributed by atoms with Crippen molar-refractivity contribution in [1.29, 1.82) is 0 Å². The molecule has 1 heterocycles. The maximum atomic E-state index is 12.2. The number of benzene rings is 1. The zero-order chi connectivity index (χ0) is 16.3. The molecular formula is C15H18N2O4S. The third-order valence-corrected chi connectivity index (χ3v) is 4.50. The number of amides is 2. The van der Waals surface area contributed by atoms with Crippen molar-refractivity contribution in [2.45, 2.75) is 26.2 Å².